The van der Waals surface area contributed by atoms with Crippen molar-refractivity contribution >= 4 is 17.8 Å². The third-order valence-electron chi connectivity index (χ3n) is 7.47. The van der Waals surface area contributed by atoms with Gasteiger partial charge in [-0.15, -0.1) is 0 Å². The largest absolute Gasteiger partial charge is 0.369 e. The molecule has 0 radical (unpaired) electrons. The van der Waals surface area contributed by atoms with Crippen LogP contribution in [0.4, 0.5) is 0 Å². The number of hydrogen-bond donors (Lipinski definition) is 1. The van der Waals surface area contributed by atoms with Gasteiger partial charge in [-0.2, -0.15) is 0 Å². The van der Waals surface area contributed by atoms with Crippen LogP contribution < -0.4 is 5.73 Å². The molecule has 3 heterocycles. The molecule has 1 aliphatic carbocycles. The van der Waals surface area contributed by atoms with Crippen molar-refractivity contribution in [3.05, 3.63) is 58.7 Å². The molecule has 0 fully saturated rings. The predicted octanol–water partition coefficient (Wildman–Crippen LogP) is 2.84. The van der Waals surface area contributed by atoms with Crippen LogP contribution in [0, 0.1) is 5.92 Å². The van der Waals surface area contributed by atoms with Gasteiger partial charge in [0.25, 0.3) is 11.8 Å². The Kier molecular flexibility index (Phi) is 5.62. The molecule has 34 heavy (non-hydrogen) atoms. The van der Waals surface area contributed by atoms with E-state index in [0.717, 1.165) is 41.8 Å². The van der Waals surface area contributed by atoms with Crippen molar-refractivity contribution in [1.82, 2.24) is 19.8 Å². The zero-order valence-corrected chi connectivity index (χ0v) is 20.1. The van der Waals surface area contributed by atoms with Crippen LogP contribution in [0.25, 0.3) is 0 Å². The highest BCUT2D eigenvalue weighted by Gasteiger charge is 2.49. The van der Waals surface area contributed by atoms with Gasteiger partial charge in [-0.05, 0) is 61.3 Å². The molecule has 5 rings (SSSR count). The zero-order valence-electron chi connectivity index (χ0n) is 20.1. The molecule has 2 atom stereocenters. The fraction of sp³-hybridized carbons (Fsp3) is 0.500. The molecule has 2 aromatic rings. The van der Waals surface area contributed by atoms with Gasteiger partial charge in [0.15, 0.2) is 5.96 Å². The average Bonchev–Trinajstić information content (AvgIpc) is 3.50. The van der Waals surface area contributed by atoms with E-state index < -0.39 is 5.54 Å². The van der Waals surface area contributed by atoms with Gasteiger partial charge < -0.3 is 10.6 Å². The monoisotopic (exact) mass is 460 g/mol. The number of benzene rings is 1. The molecular formula is C26H32N6O2. The smallest absolute Gasteiger partial charge is 0.257 e. The zero-order chi connectivity index (χ0) is 24.0. The van der Waals surface area contributed by atoms with Crippen molar-refractivity contribution in [3.63, 3.8) is 0 Å². The summed E-state index contributed by atoms with van der Waals surface area (Å²) in [6, 6.07) is 5.81. The minimum atomic E-state index is -0.739. The Bertz CT molecular complexity index is 1150. The molecule has 2 amide bonds. The van der Waals surface area contributed by atoms with Crippen LogP contribution in [0.3, 0.4) is 0 Å². The molecule has 0 spiro atoms. The highest BCUT2D eigenvalue weighted by molar-refractivity contribution is 6.07. The van der Waals surface area contributed by atoms with Gasteiger partial charge >= 0.3 is 0 Å². The van der Waals surface area contributed by atoms with Crippen LogP contribution in [-0.2, 0) is 30.7 Å². The average molecular weight is 461 g/mol. The summed E-state index contributed by atoms with van der Waals surface area (Å²) in [6.07, 6.45) is 7.02. The first kappa shape index (κ1) is 22.5. The molecule has 0 bridgehead atoms. The number of fused-ring (bicyclic) bond motifs is 2. The van der Waals surface area contributed by atoms with Crippen LogP contribution in [0.1, 0.15) is 72.9 Å². The highest BCUT2D eigenvalue weighted by atomic mass is 16.2. The maximum atomic E-state index is 13.5. The summed E-state index contributed by atoms with van der Waals surface area (Å²) in [7, 11) is 0. The quantitative estimate of drug-likeness (QED) is 0.714. The standard InChI is InChI=1S/C26H32N6O2/c1-4-26(8-7-16(2)3)24(34)32(25(27)30-26)20-12-17-5-6-18(11-19(17)13-20)23(33)31-14-21-22(15-31)29-10-9-28-21/h5-6,9-11,16,20H,4,7-8,12-15H2,1-3H3,(H2,27,30)/t20?,26-/m0/s1. The highest BCUT2D eigenvalue weighted by Crippen LogP contribution is 2.36. The van der Waals surface area contributed by atoms with Gasteiger partial charge in [-0.3, -0.25) is 24.5 Å². The lowest BCUT2D eigenvalue weighted by Crippen LogP contribution is -2.49. The maximum absolute atomic E-state index is 13.5. The van der Waals surface area contributed by atoms with Crippen molar-refractivity contribution in [1.29, 1.82) is 0 Å². The molecule has 8 heteroatoms. The molecule has 3 aliphatic rings. The molecule has 2 N–H and O–H groups in total. The maximum Gasteiger partial charge on any atom is 0.257 e. The molecular weight excluding hydrogens is 428 g/mol. The number of hydrogen-bond acceptors (Lipinski definition) is 6. The molecule has 0 saturated carbocycles. The van der Waals surface area contributed by atoms with Gasteiger partial charge in [-0.25, -0.2) is 4.99 Å². The summed E-state index contributed by atoms with van der Waals surface area (Å²) >= 11 is 0. The molecule has 2 aliphatic heterocycles. The first-order valence-electron chi connectivity index (χ1n) is 12.2. The summed E-state index contributed by atoms with van der Waals surface area (Å²) in [5, 5.41) is 0. The Morgan fingerprint density at radius 1 is 1.15 bits per heavy atom. The Balaban J connectivity index is 1.31. The Labute approximate surface area is 200 Å². The minimum Gasteiger partial charge on any atom is -0.369 e. The van der Waals surface area contributed by atoms with E-state index in [4.69, 9.17) is 10.7 Å². The Morgan fingerprint density at radius 2 is 1.82 bits per heavy atom. The predicted molar refractivity (Wildman–Crippen MR) is 129 cm³/mol. The number of nitrogens with two attached hydrogens (primary N) is 1. The Hall–Kier alpha value is -3.29. The molecule has 1 aromatic heterocycles. The molecule has 178 valence electrons. The molecule has 0 saturated heterocycles. The van der Waals surface area contributed by atoms with E-state index >= 15 is 0 Å². The minimum absolute atomic E-state index is 0.0249. The Morgan fingerprint density at radius 3 is 2.47 bits per heavy atom. The lowest BCUT2D eigenvalue weighted by Gasteiger charge is -2.28. The van der Waals surface area contributed by atoms with Crippen LogP contribution in [-0.4, -0.2) is 49.1 Å². The van der Waals surface area contributed by atoms with Crippen molar-refractivity contribution in [2.24, 2.45) is 16.6 Å². The summed E-state index contributed by atoms with van der Waals surface area (Å²) in [5.74, 6) is 0.836. The third-order valence-corrected chi connectivity index (χ3v) is 7.47. The number of aromatic nitrogens is 2. The van der Waals surface area contributed by atoms with Gasteiger partial charge in [0.1, 0.15) is 5.54 Å². The first-order chi connectivity index (χ1) is 16.3. The molecule has 1 unspecified atom stereocenters. The summed E-state index contributed by atoms with van der Waals surface area (Å²) in [4.78, 5) is 43.6. The SMILES string of the molecule is CC[C@@]1(CCC(C)C)N=C(N)N(C2Cc3ccc(C(=O)N4Cc5nccnc5C4)cc3C2)C1=O. The lowest BCUT2D eigenvalue weighted by atomic mass is 9.87. The van der Waals surface area contributed by atoms with E-state index in [-0.39, 0.29) is 17.9 Å². The first-order valence-corrected chi connectivity index (χ1v) is 12.2. The van der Waals surface area contributed by atoms with Crippen molar-refractivity contribution < 1.29 is 9.59 Å². The van der Waals surface area contributed by atoms with E-state index in [1.807, 2.05) is 25.1 Å². The van der Waals surface area contributed by atoms with E-state index in [0.29, 0.717) is 43.4 Å². The second-order valence-electron chi connectivity index (χ2n) is 10.1. The van der Waals surface area contributed by atoms with Gasteiger partial charge in [0, 0.05) is 24.0 Å². The fourth-order valence-electron chi connectivity index (χ4n) is 5.41. The number of carbonyl (C=O) groups excluding carboxylic acids is 2. The summed E-state index contributed by atoms with van der Waals surface area (Å²) < 4.78 is 0. The van der Waals surface area contributed by atoms with E-state index in [1.54, 1.807) is 22.2 Å². The van der Waals surface area contributed by atoms with Crippen LogP contribution in [0.15, 0.2) is 35.6 Å². The summed E-state index contributed by atoms with van der Waals surface area (Å²) in [6.45, 7) is 7.29. The number of guanidine groups is 1. The van der Waals surface area contributed by atoms with Crippen molar-refractivity contribution in [2.45, 2.75) is 77.5 Å². The number of carbonyl (C=O) groups is 2. The summed E-state index contributed by atoms with van der Waals surface area (Å²) in [5.41, 5.74) is 10.2. The van der Waals surface area contributed by atoms with Crippen LogP contribution in [0.5, 0.6) is 0 Å². The van der Waals surface area contributed by atoms with Crippen molar-refractivity contribution in [2.75, 3.05) is 0 Å². The third kappa shape index (κ3) is 3.75. The van der Waals surface area contributed by atoms with Crippen LogP contribution in [0.2, 0.25) is 0 Å². The molecule has 8 nitrogen and oxygen atoms in total. The normalized spacial score (nSPS) is 23.5. The fourth-order valence-corrected chi connectivity index (χ4v) is 5.41. The van der Waals surface area contributed by atoms with E-state index in [9.17, 15) is 9.59 Å². The van der Waals surface area contributed by atoms with Gasteiger partial charge in [-0.1, -0.05) is 26.8 Å². The molecule has 1 aromatic carbocycles. The van der Waals surface area contributed by atoms with E-state index in [1.165, 1.54) is 0 Å². The van der Waals surface area contributed by atoms with Crippen molar-refractivity contribution in [3.8, 4) is 0 Å². The second-order valence-corrected chi connectivity index (χ2v) is 10.1. The number of amides is 2. The second kappa shape index (κ2) is 8.49. The number of aliphatic imine (C=N–C) groups is 1. The van der Waals surface area contributed by atoms with E-state index in [2.05, 4.69) is 23.8 Å². The van der Waals surface area contributed by atoms with Gasteiger partial charge in [0.05, 0.1) is 24.5 Å². The topological polar surface area (TPSA) is 105 Å². The lowest BCUT2D eigenvalue weighted by molar-refractivity contribution is -0.133. The van der Waals surface area contributed by atoms with Crippen LogP contribution >= 0.6 is 0 Å². The number of nitrogens with zero attached hydrogens (tertiary/aromatic N) is 5. The number of rotatable bonds is 6. The van der Waals surface area contributed by atoms with Gasteiger partial charge in [0.2, 0.25) is 0 Å².